The van der Waals surface area contributed by atoms with Gasteiger partial charge < -0.3 is 0 Å². The number of halogens is 2. The summed E-state index contributed by atoms with van der Waals surface area (Å²) in [6.45, 7) is 1.48. The number of rotatable bonds is 7. The predicted molar refractivity (Wildman–Crippen MR) is 113 cm³/mol. The minimum Gasteiger partial charge on any atom is -0.267 e. The lowest BCUT2D eigenvalue weighted by molar-refractivity contribution is 0.308. The van der Waals surface area contributed by atoms with Crippen molar-refractivity contribution >= 4 is 21.7 Å². The van der Waals surface area contributed by atoms with Crippen LogP contribution in [0.2, 0.25) is 5.02 Å². The van der Waals surface area contributed by atoms with Gasteiger partial charge in [-0.05, 0) is 60.9 Å². The summed E-state index contributed by atoms with van der Waals surface area (Å²) >= 11 is 5.90. The quantitative estimate of drug-likeness (QED) is 0.512. The summed E-state index contributed by atoms with van der Waals surface area (Å²) < 4.78 is 42.5. The molecule has 9 heteroatoms. The van der Waals surface area contributed by atoms with Gasteiger partial charge in [0.15, 0.2) is 0 Å². The summed E-state index contributed by atoms with van der Waals surface area (Å²) in [7, 11) is -3.73. The fourth-order valence-electron chi connectivity index (χ4n) is 2.85. The summed E-state index contributed by atoms with van der Waals surface area (Å²) in [4.78, 5) is 12.8. The Kier molecular flexibility index (Phi) is 6.70. The Morgan fingerprint density at radius 2 is 1.83 bits per heavy atom. The highest BCUT2D eigenvalue weighted by Gasteiger charge is 2.14. The molecule has 0 saturated heterocycles. The van der Waals surface area contributed by atoms with Crippen molar-refractivity contribution in [1.82, 2.24) is 9.78 Å². The van der Waals surface area contributed by atoms with Crippen LogP contribution in [0.1, 0.15) is 16.7 Å². The fourth-order valence-corrected chi connectivity index (χ4v) is 3.32. The van der Waals surface area contributed by atoms with Crippen LogP contribution in [0, 0.1) is 12.7 Å². The van der Waals surface area contributed by atoms with E-state index in [4.69, 9.17) is 15.8 Å². The molecule has 0 aliphatic carbocycles. The first-order chi connectivity index (χ1) is 14.1. The van der Waals surface area contributed by atoms with E-state index in [9.17, 15) is 17.6 Å². The second kappa shape index (κ2) is 9.07. The van der Waals surface area contributed by atoms with Crippen LogP contribution in [0.4, 0.5) is 4.39 Å². The molecule has 3 aromatic rings. The molecule has 0 radical (unpaired) electrons. The molecule has 0 bridgehead atoms. The summed E-state index contributed by atoms with van der Waals surface area (Å²) in [5.41, 5.74) is 2.11. The van der Waals surface area contributed by atoms with Crippen LogP contribution in [0.5, 0.6) is 0 Å². The second-order valence-electron chi connectivity index (χ2n) is 6.89. The molecule has 0 aliphatic rings. The molecule has 0 amide bonds. The maximum Gasteiger partial charge on any atom is 0.272 e. The van der Waals surface area contributed by atoms with Crippen LogP contribution in [0.25, 0.3) is 11.3 Å². The molecule has 158 valence electrons. The Labute approximate surface area is 179 Å². The molecular formula is C21H20ClFN2O4S. The normalized spacial score (nSPS) is 11.6. The second-order valence-corrected chi connectivity index (χ2v) is 8.97. The molecular weight excluding hydrogens is 431 g/mol. The standard InChI is InChI=1S/C21H20ClFN2O4S/c1-14-11-16(5-8-19(14)23)20-12-17(13-29-30(2,27)28)21(26)25(24-20)10-9-15-3-6-18(22)7-4-15/h3-8,11-12H,9-10,13H2,1-2H3. The average molecular weight is 451 g/mol. The third kappa shape index (κ3) is 5.75. The SMILES string of the molecule is Cc1cc(-c2cc(COS(C)(=O)=O)c(=O)n(CCc3ccc(Cl)cc3)n2)ccc1F. The molecule has 0 unspecified atom stereocenters. The number of aromatic nitrogens is 2. The Bertz CT molecular complexity index is 1220. The molecule has 0 fully saturated rings. The predicted octanol–water partition coefficient (Wildman–Crippen LogP) is 3.73. The van der Waals surface area contributed by atoms with Gasteiger partial charge in [0, 0.05) is 22.7 Å². The largest absolute Gasteiger partial charge is 0.272 e. The number of benzene rings is 2. The van der Waals surface area contributed by atoms with Crippen molar-refractivity contribution in [2.75, 3.05) is 6.26 Å². The van der Waals surface area contributed by atoms with Crippen molar-refractivity contribution in [3.63, 3.8) is 0 Å². The Hall–Kier alpha value is -2.55. The van der Waals surface area contributed by atoms with Crippen LogP contribution >= 0.6 is 11.6 Å². The minimum absolute atomic E-state index is 0.142. The van der Waals surface area contributed by atoms with Gasteiger partial charge in [0.25, 0.3) is 15.7 Å². The third-order valence-electron chi connectivity index (χ3n) is 4.46. The highest BCUT2D eigenvalue weighted by molar-refractivity contribution is 7.85. The highest BCUT2D eigenvalue weighted by Crippen LogP contribution is 2.20. The molecule has 0 atom stereocenters. The maximum absolute atomic E-state index is 13.7. The summed E-state index contributed by atoms with van der Waals surface area (Å²) in [6, 6.07) is 13.2. The number of aryl methyl sites for hydroxylation is 3. The Morgan fingerprint density at radius 3 is 2.47 bits per heavy atom. The smallest absolute Gasteiger partial charge is 0.267 e. The van der Waals surface area contributed by atoms with Crippen molar-refractivity contribution in [3.8, 4) is 11.3 Å². The van der Waals surface area contributed by atoms with Gasteiger partial charge in [-0.1, -0.05) is 23.7 Å². The van der Waals surface area contributed by atoms with Crippen LogP contribution in [0.3, 0.4) is 0 Å². The van der Waals surface area contributed by atoms with Gasteiger partial charge in [0.05, 0.1) is 18.6 Å². The van der Waals surface area contributed by atoms with E-state index >= 15 is 0 Å². The van der Waals surface area contributed by atoms with Crippen LogP contribution in [-0.4, -0.2) is 24.5 Å². The lowest BCUT2D eigenvalue weighted by Gasteiger charge is -2.12. The third-order valence-corrected chi connectivity index (χ3v) is 5.25. The number of hydrogen-bond donors (Lipinski definition) is 0. The number of hydrogen-bond acceptors (Lipinski definition) is 5. The van der Waals surface area contributed by atoms with Gasteiger partial charge in [-0.15, -0.1) is 0 Å². The summed E-state index contributed by atoms with van der Waals surface area (Å²) in [6.07, 6.45) is 1.43. The molecule has 6 nitrogen and oxygen atoms in total. The van der Waals surface area contributed by atoms with Crippen LogP contribution in [0.15, 0.2) is 53.3 Å². The van der Waals surface area contributed by atoms with E-state index in [0.29, 0.717) is 28.3 Å². The van der Waals surface area contributed by atoms with E-state index < -0.39 is 22.3 Å². The molecule has 30 heavy (non-hydrogen) atoms. The lowest BCUT2D eigenvalue weighted by atomic mass is 10.1. The van der Waals surface area contributed by atoms with E-state index in [1.807, 2.05) is 12.1 Å². The summed E-state index contributed by atoms with van der Waals surface area (Å²) in [5, 5.41) is 5.02. The monoisotopic (exact) mass is 450 g/mol. The topological polar surface area (TPSA) is 78.3 Å². The first-order valence-electron chi connectivity index (χ1n) is 9.09. The van der Waals surface area contributed by atoms with Gasteiger partial charge in [-0.2, -0.15) is 13.5 Å². The van der Waals surface area contributed by atoms with Crippen molar-refractivity contribution in [3.05, 3.63) is 86.4 Å². The molecule has 0 aliphatic heterocycles. The molecule has 2 aromatic carbocycles. The molecule has 1 heterocycles. The maximum atomic E-state index is 13.7. The van der Waals surface area contributed by atoms with Gasteiger partial charge in [-0.3, -0.25) is 8.98 Å². The van der Waals surface area contributed by atoms with Crippen molar-refractivity contribution in [2.45, 2.75) is 26.5 Å². The van der Waals surface area contributed by atoms with Gasteiger partial charge in [-0.25, -0.2) is 9.07 Å². The highest BCUT2D eigenvalue weighted by atomic mass is 35.5. The zero-order valence-corrected chi connectivity index (χ0v) is 18.0. The number of nitrogens with zero attached hydrogens (tertiary/aromatic N) is 2. The zero-order valence-electron chi connectivity index (χ0n) is 16.4. The van der Waals surface area contributed by atoms with E-state index in [-0.39, 0.29) is 17.9 Å². The summed E-state index contributed by atoms with van der Waals surface area (Å²) in [5.74, 6) is -0.351. The van der Waals surface area contributed by atoms with Crippen molar-refractivity contribution in [2.24, 2.45) is 0 Å². The van der Waals surface area contributed by atoms with E-state index in [2.05, 4.69) is 5.10 Å². The molecule has 1 aromatic heterocycles. The molecule has 0 N–H and O–H groups in total. The fraction of sp³-hybridized carbons (Fsp3) is 0.238. The van der Waals surface area contributed by atoms with Gasteiger partial charge in [0.2, 0.25) is 0 Å². The van der Waals surface area contributed by atoms with Crippen LogP contribution < -0.4 is 5.56 Å². The molecule has 0 saturated carbocycles. The van der Waals surface area contributed by atoms with E-state index in [0.717, 1.165) is 11.8 Å². The Balaban J connectivity index is 1.99. The van der Waals surface area contributed by atoms with E-state index in [1.165, 1.54) is 16.8 Å². The van der Waals surface area contributed by atoms with Gasteiger partial charge in [0.1, 0.15) is 5.82 Å². The zero-order chi connectivity index (χ0) is 21.9. The van der Waals surface area contributed by atoms with Crippen molar-refractivity contribution in [1.29, 1.82) is 0 Å². The molecule has 0 spiro atoms. The first-order valence-corrected chi connectivity index (χ1v) is 11.3. The van der Waals surface area contributed by atoms with Crippen molar-refractivity contribution < 1.29 is 17.0 Å². The minimum atomic E-state index is -3.73. The lowest BCUT2D eigenvalue weighted by Crippen LogP contribution is -2.28. The van der Waals surface area contributed by atoms with E-state index in [1.54, 1.807) is 31.2 Å². The van der Waals surface area contributed by atoms with Gasteiger partial charge >= 0.3 is 0 Å². The molecule has 3 rings (SSSR count). The Morgan fingerprint density at radius 1 is 1.13 bits per heavy atom. The average Bonchev–Trinajstić information content (AvgIpc) is 2.69. The first kappa shape index (κ1) is 22.1. The van der Waals surface area contributed by atoms with Crippen LogP contribution in [-0.2, 0) is 33.9 Å².